The summed E-state index contributed by atoms with van der Waals surface area (Å²) >= 11 is 0. The lowest BCUT2D eigenvalue weighted by Crippen LogP contribution is -2.34. The summed E-state index contributed by atoms with van der Waals surface area (Å²) in [5.74, 6) is -0.795. The Hall–Kier alpha value is -1.91. The van der Waals surface area contributed by atoms with E-state index < -0.39 is 11.7 Å². The number of ether oxygens (including phenoxy) is 1. The number of benzene rings is 1. The number of carbonyl (C=O) groups excluding carboxylic acids is 1. The van der Waals surface area contributed by atoms with Gasteiger partial charge in [-0.2, -0.15) is 0 Å². The number of amidine groups is 1. The second-order valence-electron chi connectivity index (χ2n) is 5.53. The van der Waals surface area contributed by atoms with Gasteiger partial charge in [0.2, 0.25) is 0 Å². The molecule has 0 bridgehead atoms. The van der Waals surface area contributed by atoms with E-state index >= 15 is 0 Å². The number of halogens is 1. The third kappa shape index (κ3) is 6.70. The second-order valence-corrected chi connectivity index (χ2v) is 5.53. The van der Waals surface area contributed by atoms with Gasteiger partial charge in [0.25, 0.3) is 11.9 Å². The van der Waals surface area contributed by atoms with Gasteiger partial charge >= 0.3 is 0 Å². The lowest BCUT2D eigenvalue weighted by molar-refractivity contribution is 0.0959. The normalized spacial score (nSPS) is 11.6. The van der Waals surface area contributed by atoms with Gasteiger partial charge in [0, 0.05) is 6.54 Å². The number of carbonyl (C=O) groups is 1. The minimum atomic E-state index is -0.561. The molecular weight excluding hydrogens is 283 g/mol. The summed E-state index contributed by atoms with van der Waals surface area (Å²) in [4.78, 5) is 16.4. The minimum Gasteiger partial charge on any atom is -0.465 e. The first-order valence-electron chi connectivity index (χ1n) is 7.77. The van der Waals surface area contributed by atoms with Gasteiger partial charge in [0.1, 0.15) is 5.82 Å². The molecule has 0 heterocycles. The SMILES string of the molecule is CCCCCN=C(NC(=O)c1ccccc1F)OCC(C)C. The molecule has 0 saturated carbocycles. The summed E-state index contributed by atoms with van der Waals surface area (Å²) in [6.45, 7) is 7.16. The van der Waals surface area contributed by atoms with E-state index in [-0.39, 0.29) is 11.6 Å². The molecule has 0 atom stereocenters. The molecule has 5 heteroatoms. The molecule has 0 aliphatic rings. The number of hydrogen-bond acceptors (Lipinski definition) is 3. The molecule has 22 heavy (non-hydrogen) atoms. The summed E-state index contributed by atoms with van der Waals surface area (Å²) in [7, 11) is 0. The zero-order valence-electron chi connectivity index (χ0n) is 13.6. The number of nitrogens with zero attached hydrogens (tertiary/aromatic N) is 1. The largest absolute Gasteiger partial charge is 0.465 e. The molecule has 0 unspecified atom stereocenters. The monoisotopic (exact) mass is 308 g/mol. The molecular formula is C17H25FN2O2. The summed E-state index contributed by atoms with van der Waals surface area (Å²) in [5, 5.41) is 2.56. The molecule has 0 fully saturated rings. The van der Waals surface area contributed by atoms with Crippen molar-refractivity contribution in [3.8, 4) is 0 Å². The smallest absolute Gasteiger partial charge is 0.291 e. The summed E-state index contributed by atoms with van der Waals surface area (Å²) in [5.41, 5.74) is -0.0168. The van der Waals surface area contributed by atoms with Crippen molar-refractivity contribution in [1.82, 2.24) is 5.32 Å². The van der Waals surface area contributed by atoms with E-state index in [0.29, 0.717) is 19.1 Å². The molecule has 1 amide bonds. The van der Waals surface area contributed by atoms with Crippen LogP contribution in [0.5, 0.6) is 0 Å². The number of nitrogens with one attached hydrogen (secondary N) is 1. The lowest BCUT2D eigenvalue weighted by atomic mass is 10.2. The van der Waals surface area contributed by atoms with Gasteiger partial charge in [-0.3, -0.25) is 10.1 Å². The fraction of sp³-hybridized carbons (Fsp3) is 0.529. The molecule has 0 aromatic heterocycles. The molecule has 0 spiro atoms. The Bertz CT molecular complexity index is 501. The number of hydrogen-bond donors (Lipinski definition) is 1. The maximum absolute atomic E-state index is 13.6. The van der Waals surface area contributed by atoms with Crippen molar-refractivity contribution >= 4 is 11.9 Å². The fourth-order valence-electron chi connectivity index (χ4n) is 1.72. The Kier molecular flexibility index (Phi) is 8.18. The molecule has 0 aliphatic heterocycles. The van der Waals surface area contributed by atoms with Crippen LogP contribution in [-0.4, -0.2) is 25.1 Å². The Morgan fingerprint density at radius 1 is 1.32 bits per heavy atom. The zero-order valence-corrected chi connectivity index (χ0v) is 13.6. The predicted molar refractivity (Wildman–Crippen MR) is 86.5 cm³/mol. The topological polar surface area (TPSA) is 50.7 Å². The van der Waals surface area contributed by atoms with Crippen LogP contribution in [0.3, 0.4) is 0 Å². The van der Waals surface area contributed by atoms with Gasteiger partial charge in [0.05, 0.1) is 12.2 Å². The van der Waals surface area contributed by atoms with Crippen molar-refractivity contribution in [1.29, 1.82) is 0 Å². The van der Waals surface area contributed by atoms with Crippen LogP contribution in [0.2, 0.25) is 0 Å². The van der Waals surface area contributed by atoms with Crippen LogP contribution in [0.25, 0.3) is 0 Å². The number of aliphatic imine (C=N–C) groups is 1. The summed E-state index contributed by atoms with van der Waals surface area (Å²) in [6.07, 6.45) is 3.10. The third-order valence-corrected chi connectivity index (χ3v) is 2.91. The van der Waals surface area contributed by atoms with Crippen molar-refractivity contribution in [3.63, 3.8) is 0 Å². The van der Waals surface area contributed by atoms with Crippen LogP contribution in [-0.2, 0) is 4.74 Å². The second kappa shape index (κ2) is 9.92. The molecule has 1 N–H and O–H groups in total. The highest BCUT2D eigenvalue weighted by molar-refractivity contribution is 6.04. The van der Waals surface area contributed by atoms with Gasteiger partial charge < -0.3 is 4.74 Å². The van der Waals surface area contributed by atoms with E-state index in [2.05, 4.69) is 17.2 Å². The van der Waals surface area contributed by atoms with E-state index in [1.54, 1.807) is 12.1 Å². The molecule has 0 aliphatic carbocycles. The molecule has 0 radical (unpaired) electrons. The third-order valence-electron chi connectivity index (χ3n) is 2.91. The number of unbranched alkanes of at least 4 members (excludes halogenated alkanes) is 2. The van der Waals surface area contributed by atoms with Gasteiger partial charge in [0.15, 0.2) is 0 Å². The highest BCUT2D eigenvalue weighted by atomic mass is 19.1. The average molecular weight is 308 g/mol. The van der Waals surface area contributed by atoms with Gasteiger partial charge in [-0.1, -0.05) is 45.7 Å². The van der Waals surface area contributed by atoms with E-state index in [1.807, 2.05) is 13.8 Å². The Labute approximate surface area is 131 Å². The van der Waals surface area contributed by atoms with E-state index in [9.17, 15) is 9.18 Å². The molecule has 4 nitrogen and oxygen atoms in total. The van der Waals surface area contributed by atoms with Gasteiger partial charge in [-0.15, -0.1) is 0 Å². The van der Waals surface area contributed by atoms with E-state index in [0.717, 1.165) is 19.3 Å². The molecule has 1 rings (SSSR count). The first-order chi connectivity index (χ1) is 10.5. The highest BCUT2D eigenvalue weighted by Crippen LogP contribution is 2.06. The van der Waals surface area contributed by atoms with E-state index in [1.165, 1.54) is 12.1 Å². The predicted octanol–water partition coefficient (Wildman–Crippen LogP) is 3.77. The molecule has 1 aromatic carbocycles. The highest BCUT2D eigenvalue weighted by Gasteiger charge is 2.14. The van der Waals surface area contributed by atoms with Crippen molar-refractivity contribution in [3.05, 3.63) is 35.6 Å². The molecule has 122 valence electrons. The number of amides is 1. The quantitative estimate of drug-likeness (QED) is 0.473. The van der Waals surface area contributed by atoms with E-state index in [4.69, 9.17) is 4.74 Å². The summed E-state index contributed by atoms with van der Waals surface area (Å²) in [6, 6.07) is 6.01. The van der Waals surface area contributed by atoms with Crippen molar-refractivity contribution < 1.29 is 13.9 Å². The standard InChI is InChI=1S/C17H25FN2O2/c1-4-5-8-11-19-17(22-12-13(2)3)20-16(21)14-9-6-7-10-15(14)18/h6-7,9-10,13H,4-5,8,11-12H2,1-3H3,(H,19,20,21). The van der Waals surface area contributed by atoms with Gasteiger partial charge in [-0.25, -0.2) is 9.38 Å². The van der Waals surface area contributed by atoms with Gasteiger partial charge in [-0.05, 0) is 24.5 Å². The first kappa shape index (κ1) is 18.1. The van der Waals surface area contributed by atoms with Crippen LogP contribution in [0.15, 0.2) is 29.3 Å². The summed E-state index contributed by atoms with van der Waals surface area (Å²) < 4.78 is 19.1. The van der Waals surface area contributed by atoms with Crippen LogP contribution in [0.1, 0.15) is 50.4 Å². The Balaban J connectivity index is 2.70. The Morgan fingerprint density at radius 3 is 2.68 bits per heavy atom. The van der Waals surface area contributed by atoms with Crippen LogP contribution in [0.4, 0.5) is 4.39 Å². The average Bonchev–Trinajstić information content (AvgIpc) is 2.49. The maximum atomic E-state index is 13.6. The van der Waals surface area contributed by atoms with Crippen molar-refractivity contribution in [2.45, 2.75) is 40.0 Å². The number of rotatable bonds is 7. The zero-order chi connectivity index (χ0) is 16.4. The van der Waals surface area contributed by atoms with Crippen molar-refractivity contribution in [2.24, 2.45) is 10.9 Å². The molecule has 0 saturated heterocycles. The Morgan fingerprint density at radius 2 is 2.05 bits per heavy atom. The van der Waals surface area contributed by atoms with Crippen LogP contribution < -0.4 is 5.32 Å². The van der Waals surface area contributed by atoms with Crippen LogP contribution in [0, 0.1) is 11.7 Å². The van der Waals surface area contributed by atoms with Crippen LogP contribution >= 0.6 is 0 Å². The maximum Gasteiger partial charge on any atom is 0.291 e. The first-order valence-corrected chi connectivity index (χ1v) is 7.77. The minimum absolute atomic E-state index is 0.0168. The van der Waals surface area contributed by atoms with Crippen molar-refractivity contribution in [2.75, 3.05) is 13.2 Å². The molecule has 1 aromatic rings. The lowest BCUT2D eigenvalue weighted by Gasteiger charge is -2.12. The fourth-order valence-corrected chi connectivity index (χ4v) is 1.72.